The monoisotopic (exact) mass is 522 g/mol. The van der Waals surface area contributed by atoms with Crippen LogP contribution in [0.4, 0.5) is 11.8 Å². The summed E-state index contributed by atoms with van der Waals surface area (Å²) in [7, 11) is -3.86. The van der Waals surface area contributed by atoms with Gasteiger partial charge in [0.25, 0.3) is 10.0 Å². The van der Waals surface area contributed by atoms with Gasteiger partial charge in [-0.05, 0) is 74.1 Å². The number of halogens is 1. The number of pyridine rings is 1. The normalized spacial score (nSPS) is 18.2. The molecule has 1 aliphatic carbocycles. The maximum atomic E-state index is 12.7. The first-order valence-corrected chi connectivity index (χ1v) is 13.7. The molecule has 1 aliphatic rings. The molecule has 4 aromatic rings. The second kappa shape index (κ2) is 10.0. The number of rotatable bonds is 6. The van der Waals surface area contributed by atoms with E-state index < -0.39 is 10.0 Å². The molecular formula is C26H27ClN6O2S. The number of aryl methyl sites for hydroxylation is 1. The first-order chi connectivity index (χ1) is 17.3. The van der Waals surface area contributed by atoms with Gasteiger partial charge in [0.2, 0.25) is 5.95 Å². The van der Waals surface area contributed by atoms with Gasteiger partial charge in [-0.1, -0.05) is 29.8 Å². The second-order valence-electron chi connectivity index (χ2n) is 9.14. The molecule has 2 aromatic heterocycles. The van der Waals surface area contributed by atoms with Crippen molar-refractivity contribution in [2.24, 2.45) is 5.73 Å². The van der Waals surface area contributed by atoms with Gasteiger partial charge in [-0.2, -0.15) is 0 Å². The van der Waals surface area contributed by atoms with Crippen molar-refractivity contribution in [2.75, 3.05) is 10.0 Å². The molecule has 4 N–H and O–H groups in total. The summed E-state index contributed by atoms with van der Waals surface area (Å²) in [4.78, 5) is 13.5. The van der Waals surface area contributed by atoms with Crippen LogP contribution in [0.3, 0.4) is 0 Å². The highest BCUT2D eigenvalue weighted by Crippen LogP contribution is 2.29. The molecule has 10 heteroatoms. The molecule has 0 aliphatic heterocycles. The fourth-order valence-electron chi connectivity index (χ4n) is 4.49. The zero-order chi connectivity index (χ0) is 25.3. The van der Waals surface area contributed by atoms with Gasteiger partial charge in [-0.3, -0.25) is 4.72 Å². The van der Waals surface area contributed by atoms with Gasteiger partial charge < -0.3 is 11.1 Å². The van der Waals surface area contributed by atoms with Crippen LogP contribution in [0.1, 0.15) is 31.2 Å². The summed E-state index contributed by atoms with van der Waals surface area (Å²) >= 11 is 6.06. The summed E-state index contributed by atoms with van der Waals surface area (Å²) in [5.41, 5.74) is 9.55. The molecule has 1 saturated carbocycles. The highest BCUT2D eigenvalue weighted by Gasteiger charge is 2.20. The standard InChI is InChI=1S/C26H27ClN6O2S/c1-16-12-25(33-36(34,35)24-5-3-2-4-22(24)27)29-15-21(16)17-6-11-23-18(13-17)14-30-26(32-23)31-20-9-7-19(28)8-10-20/h2-6,11-15,19-20H,7-10,28H2,1H3,(H,29,33)(H,30,31,32). The van der Waals surface area contributed by atoms with E-state index >= 15 is 0 Å². The fraction of sp³-hybridized carbons (Fsp3) is 0.269. The van der Waals surface area contributed by atoms with E-state index in [4.69, 9.17) is 17.3 Å². The zero-order valence-electron chi connectivity index (χ0n) is 19.8. The lowest BCUT2D eigenvalue weighted by molar-refractivity contribution is 0.410. The average Bonchev–Trinajstić information content (AvgIpc) is 2.85. The van der Waals surface area contributed by atoms with Crippen molar-refractivity contribution in [1.82, 2.24) is 15.0 Å². The Morgan fingerprint density at radius 1 is 1.00 bits per heavy atom. The van der Waals surface area contributed by atoms with E-state index in [1.54, 1.807) is 24.4 Å². The van der Waals surface area contributed by atoms with Gasteiger partial charge in [0.15, 0.2) is 0 Å². The molecule has 0 unspecified atom stereocenters. The number of nitrogens with two attached hydrogens (primary N) is 1. The van der Waals surface area contributed by atoms with Crippen molar-refractivity contribution in [1.29, 1.82) is 0 Å². The Bertz CT molecular complexity index is 1520. The van der Waals surface area contributed by atoms with Gasteiger partial charge in [0.05, 0.1) is 10.5 Å². The van der Waals surface area contributed by atoms with Gasteiger partial charge in [0, 0.05) is 35.4 Å². The van der Waals surface area contributed by atoms with Crippen LogP contribution < -0.4 is 15.8 Å². The molecule has 2 aromatic carbocycles. The van der Waals surface area contributed by atoms with Crippen molar-refractivity contribution in [3.8, 4) is 11.1 Å². The maximum Gasteiger partial charge on any atom is 0.264 e. The number of aromatic nitrogens is 3. The molecule has 36 heavy (non-hydrogen) atoms. The molecule has 0 atom stereocenters. The van der Waals surface area contributed by atoms with Gasteiger partial charge in [-0.15, -0.1) is 0 Å². The van der Waals surface area contributed by atoms with E-state index in [0.29, 0.717) is 18.0 Å². The molecule has 1 fully saturated rings. The third-order valence-electron chi connectivity index (χ3n) is 6.47. The molecule has 0 bridgehead atoms. The molecule has 0 radical (unpaired) electrons. The lowest BCUT2D eigenvalue weighted by Crippen LogP contribution is -2.33. The molecule has 5 rings (SSSR count). The summed E-state index contributed by atoms with van der Waals surface area (Å²) in [5, 5.41) is 4.50. The summed E-state index contributed by atoms with van der Waals surface area (Å²) in [6, 6.07) is 14.6. The van der Waals surface area contributed by atoms with Gasteiger partial charge >= 0.3 is 0 Å². The molecule has 186 valence electrons. The maximum absolute atomic E-state index is 12.7. The van der Waals surface area contributed by atoms with Crippen molar-refractivity contribution < 1.29 is 8.42 Å². The first kappa shape index (κ1) is 24.4. The minimum absolute atomic E-state index is 0.00523. The van der Waals surface area contributed by atoms with Crippen LogP contribution in [0, 0.1) is 6.92 Å². The lowest BCUT2D eigenvalue weighted by Gasteiger charge is -2.26. The Morgan fingerprint density at radius 3 is 2.53 bits per heavy atom. The smallest absolute Gasteiger partial charge is 0.264 e. The predicted octanol–water partition coefficient (Wildman–Crippen LogP) is 5.14. The molecule has 2 heterocycles. The van der Waals surface area contributed by atoms with Crippen molar-refractivity contribution in [2.45, 2.75) is 49.6 Å². The third-order valence-corrected chi connectivity index (χ3v) is 8.33. The minimum atomic E-state index is -3.86. The van der Waals surface area contributed by atoms with E-state index in [1.807, 2.05) is 31.3 Å². The number of hydrogen-bond donors (Lipinski definition) is 3. The van der Waals surface area contributed by atoms with Crippen molar-refractivity contribution in [3.05, 3.63) is 71.5 Å². The Kier molecular flexibility index (Phi) is 6.79. The third kappa shape index (κ3) is 5.28. The van der Waals surface area contributed by atoms with Crippen LogP contribution in [-0.2, 0) is 10.0 Å². The van der Waals surface area contributed by atoms with Gasteiger partial charge in [0.1, 0.15) is 10.7 Å². The Morgan fingerprint density at radius 2 is 1.78 bits per heavy atom. The number of nitrogens with zero attached hydrogens (tertiary/aromatic N) is 3. The van der Waals surface area contributed by atoms with Crippen LogP contribution in [0.15, 0.2) is 65.8 Å². The number of benzene rings is 2. The zero-order valence-corrected chi connectivity index (χ0v) is 21.4. The first-order valence-electron chi connectivity index (χ1n) is 11.8. The minimum Gasteiger partial charge on any atom is -0.351 e. The topological polar surface area (TPSA) is 123 Å². The Balaban J connectivity index is 1.34. The summed E-state index contributed by atoms with van der Waals surface area (Å²) < 4.78 is 28.0. The molecule has 8 nitrogen and oxygen atoms in total. The second-order valence-corrected chi connectivity index (χ2v) is 11.2. The SMILES string of the molecule is Cc1cc(NS(=O)(=O)c2ccccc2Cl)ncc1-c1ccc2nc(NC3CCC(N)CC3)ncc2c1. The summed E-state index contributed by atoms with van der Waals surface area (Å²) in [6.45, 7) is 1.91. The highest BCUT2D eigenvalue weighted by molar-refractivity contribution is 7.92. The predicted molar refractivity (Wildman–Crippen MR) is 144 cm³/mol. The fourth-order valence-corrected chi connectivity index (χ4v) is 6.01. The largest absolute Gasteiger partial charge is 0.351 e. The molecule has 0 spiro atoms. The van der Waals surface area contributed by atoms with Crippen LogP contribution in [0.5, 0.6) is 0 Å². The summed E-state index contributed by atoms with van der Waals surface area (Å²) in [5.74, 6) is 0.850. The quantitative estimate of drug-likeness (QED) is 0.320. The van der Waals surface area contributed by atoms with Crippen molar-refractivity contribution >= 4 is 44.3 Å². The van der Waals surface area contributed by atoms with E-state index in [1.165, 1.54) is 12.1 Å². The Labute approximate surface area is 215 Å². The average molecular weight is 523 g/mol. The number of sulfonamides is 1. The molecular weight excluding hydrogens is 496 g/mol. The molecule has 0 amide bonds. The van der Waals surface area contributed by atoms with Crippen LogP contribution in [0.2, 0.25) is 5.02 Å². The van der Waals surface area contributed by atoms with Gasteiger partial charge in [-0.25, -0.2) is 23.4 Å². The van der Waals surface area contributed by atoms with Crippen molar-refractivity contribution in [3.63, 3.8) is 0 Å². The summed E-state index contributed by atoms with van der Waals surface area (Å²) in [6.07, 6.45) is 7.56. The number of fused-ring (bicyclic) bond motifs is 1. The highest BCUT2D eigenvalue weighted by atomic mass is 35.5. The number of anilines is 2. The molecule has 0 saturated heterocycles. The number of hydrogen-bond acceptors (Lipinski definition) is 7. The van der Waals surface area contributed by atoms with E-state index in [-0.39, 0.29) is 15.7 Å². The van der Waals surface area contributed by atoms with Crippen LogP contribution in [0.25, 0.3) is 22.0 Å². The van der Waals surface area contributed by atoms with Crippen LogP contribution in [-0.4, -0.2) is 35.5 Å². The van der Waals surface area contributed by atoms with E-state index in [9.17, 15) is 8.42 Å². The van der Waals surface area contributed by atoms with E-state index in [0.717, 1.165) is 53.3 Å². The van der Waals surface area contributed by atoms with Crippen LogP contribution >= 0.6 is 11.6 Å². The number of nitrogens with one attached hydrogen (secondary N) is 2. The Hall–Kier alpha value is -3.27. The lowest BCUT2D eigenvalue weighted by atomic mass is 9.92. The van der Waals surface area contributed by atoms with E-state index in [2.05, 4.69) is 25.0 Å².